The van der Waals surface area contributed by atoms with E-state index in [-0.39, 0.29) is 10.8 Å². The Bertz CT molecular complexity index is 2260. The first-order valence-corrected chi connectivity index (χ1v) is 17.8. The lowest BCUT2D eigenvalue weighted by Crippen LogP contribution is -2.26. The summed E-state index contributed by atoms with van der Waals surface area (Å²) in [5.74, 6) is 0. The first kappa shape index (κ1) is 30.4. The van der Waals surface area contributed by atoms with Gasteiger partial charge >= 0.3 is 0 Å². The van der Waals surface area contributed by atoms with Crippen LogP contribution in [0.1, 0.15) is 55.5 Å². The van der Waals surface area contributed by atoms with E-state index in [4.69, 9.17) is 0 Å². The van der Waals surface area contributed by atoms with Gasteiger partial charge in [0.2, 0.25) is 0 Å². The summed E-state index contributed by atoms with van der Waals surface area (Å²) in [5, 5.41) is 0. The van der Waals surface area contributed by atoms with E-state index in [1.54, 1.807) is 0 Å². The zero-order valence-electron chi connectivity index (χ0n) is 29.5. The Morgan fingerprint density at radius 2 is 0.780 bits per heavy atom. The summed E-state index contributed by atoms with van der Waals surface area (Å²) in [6.45, 7) is 12.1. The van der Waals surface area contributed by atoms with Crippen LogP contribution in [0.15, 0.2) is 158 Å². The molecule has 50 heavy (non-hydrogen) atoms. The van der Waals surface area contributed by atoms with Crippen molar-refractivity contribution in [2.75, 3.05) is 4.90 Å². The third kappa shape index (κ3) is 4.39. The van der Waals surface area contributed by atoms with Crippen LogP contribution in [0.3, 0.4) is 0 Å². The third-order valence-corrected chi connectivity index (χ3v) is 11.4. The number of hydrogen-bond donors (Lipinski definition) is 0. The predicted molar refractivity (Wildman–Crippen MR) is 212 cm³/mol. The molecule has 7 aromatic rings. The van der Waals surface area contributed by atoms with Crippen molar-refractivity contribution in [2.24, 2.45) is 0 Å². The van der Waals surface area contributed by atoms with Crippen molar-refractivity contribution in [2.45, 2.75) is 45.4 Å². The Kier molecular flexibility index (Phi) is 6.80. The molecule has 2 aliphatic rings. The first-order valence-electron chi connectivity index (χ1n) is 17.8. The van der Waals surface area contributed by atoms with Gasteiger partial charge in [0.15, 0.2) is 0 Å². The van der Waals surface area contributed by atoms with E-state index in [1.165, 1.54) is 78.0 Å². The molecule has 0 saturated heterocycles. The van der Waals surface area contributed by atoms with Gasteiger partial charge in [-0.2, -0.15) is 0 Å². The molecule has 0 saturated carbocycles. The Balaban J connectivity index is 1.43. The molecule has 0 unspecified atom stereocenters. The van der Waals surface area contributed by atoms with Crippen LogP contribution in [-0.4, -0.2) is 0 Å². The summed E-state index contributed by atoms with van der Waals surface area (Å²) in [6.07, 6.45) is 0. The summed E-state index contributed by atoms with van der Waals surface area (Å²) in [6, 6.07) is 58.0. The SMILES string of the molecule is Cc1c2c(c(N(c3cccc(-c4ccccc4)c3)c3cccc(-c4ccccc4)c3)c3c1-c1ccccc1C3(C)C)C(C)(C)c1ccccc1-2. The quantitative estimate of drug-likeness (QED) is 0.180. The van der Waals surface area contributed by atoms with Crippen molar-refractivity contribution in [1.82, 2.24) is 0 Å². The highest BCUT2D eigenvalue weighted by atomic mass is 15.2. The minimum Gasteiger partial charge on any atom is -0.310 e. The van der Waals surface area contributed by atoms with Crippen molar-refractivity contribution in [3.8, 4) is 44.5 Å². The van der Waals surface area contributed by atoms with Gasteiger partial charge in [-0.15, -0.1) is 0 Å². The minimum atomic E-state index is -0.224. The smallest absolute Gasteiger partial charge is 0.0556 e. The van der Waals surface area contributed by atoms with Gasteiger partial charge in [0.05, 0.1) is 5.69 Å². The molecule has 2 aliphatic carbocycles. The zero-order valence-corrected chi connectivity index (χ0v) is 29.5. The van der Waals surface area contributed by atoms with Crippen molar-refractivity contribution in [3.05, 3.63) is 186 Å². The standard InChI is InChI=1S/C49H41N/c1-32-43-39-26-12-14-28-41(39)48(2,3)45(43)47(46-44(32)40-27-13-15-29-42(40)49(46,4)5)50(37-24-16-22-35(30-37)33-18-8-6-9-19-33)38-25-17-23-36(31-38)34-20-10-7-11-21-34/h6-31H,1-5H3. The zero-order chi connectivity index (χ0) is 34.2. The molecular weight excluding hydrogens is 603 g/mol. The molecule has 0 radical (unpaired) electrons. The van der Waals surface area contributed by atoms with E-state index in [9.17, 15) is 0 Å². The summed E-state index contributed by atoms with van der Waals surface area (Å²) in [4.78, 5) is 2.59. The molecule has 0 N–H and O–H groups in total. The normalized spacial score (nSPS) is 14.4. The van der Waals surface area contributed by atoms with Crippen LogP contribution >= 0.6 is 0 Å². The Labute approximate surface area is 296 Å². The summed E-state index contributed by atoms with van der Waals surface area (Å²) >= 11 is 0. The summed E-state index contributed by atoms with van der Waals surface area (Å²) < 4.78 is 0. The maximum Gasteiger partial charge on any atom is 0.0556 e. The van der Waals surface area contributed by atoms with Crippen molar-refractivity contribution >= 4 is 17.1 Å². The lowest BCUT2D eigenvalue weighted by atomic mass is 9.74. The van der Waals surface area contributed by atoms with Crippen LogP contribution in [0.25, 0.3) is 44.5 Å². The number of hydrogen-bond acceptors (Lipinski definition) is 1. The van der Waals surface area contributed by atoms with Crippen molar-refractivity contribution in [3.63, 3.8) is 0 Å². The van der Waals surface area contributed by atoms with Gasteiger partial charge in [-0.25, -0.2) is 0 Å². The van der Waals surface area contributed by atoms with Crippen molar-refractivity contribution < 1.29 is 0 Å². The fourth-order valence-corrected chi connectivity index (χ4v) is 9.05. The van der Waals surface area contributed by atoms with Gasteiger partial charge in [-0.1, -0.05) is 161 Å². The second-order valence-electron chi connectivity index (χ2n) is 15.0. The molecule has 7 aromatic carbocycles. The van der Waals surface area contributed by atoms with Crippen LogP contribution < -0.4 is 4.90 Å². The van der Waals surface area contributed by atoms with Crippen LogP contribution in [0.5, 0.6) is 0 Å². The van der Waals surface area contributed by atoms with Gasteiger partial charge in [0.25, 0.3) is 0 Å². The van der Waals surface area contributed by atoms with Gasteiger partial charge in [-0.05, 0) is 104 Å². The fraction of sp³-hybridized carbons (Fsp3) is 0.143. The molecule has 0 aromatic heterocycles. The molecule has 0 bridgehead atoms. The fourth-order valence-electron chi connectivity index (χ4n) is 9.05. The average molecular weight is 644 g/mol. The Morgan fingerprint density at radius 1 is 0.400 bits per heavy atom. The van der Waals surface area contributed by atoms with Gasteiger partial charge in [0, 0.05) is 22.2 Å². The number of benzene rings is 7. The molecule has 1 nitrogen and oxygen atoms in total. The van der Waals surface area contributed by atoms with Crippen LogP contribution in [0, 0.1) is 6.92 Å². The topological polar surface area (TPSA) is 3.24 Å². The number of anilines is 3. The van der Waals surface area contributed by atoms with Gasteiger partial charge < -0.3 is 4.90 Å². The highest BCUT2D eigenvalue weighted by Crippen LogP contribution is 2.64. The lowest BCUT2D eigenvalue weighted by molar-refractivity contribution is 0.639. The first-order chi connectivity index (χ1) is 24.3. The van der Waals surface area contributed by atoms with Crippen LogP contribution in [0.4, 0.5) is 17.1 Å². The number of fused-ring (bicyclic) bond motifs is 6. The molecule has 0 atom stereocenters. The molecule has 0 heterocycles. The van der Waals surface area contributed by atoms with E-state index >= 15 is 0 Å². The van der Waals surface area contributed by atoms with Crippen LogP contribution in [0.2, 0.25) is 0 Å². The molecule has 0 fully saturated rings. The lowest BCUT2D eigenvalue weighted by Gasteiger charge is -2.38. The Hall–Kier alpha value is -5.66. The third-order valence-electron chi connectivity index (χ3n) is 11.4. The predicted octanol–water partition coefficient (Wildman–Crippen LogP) is 13.4. The minimum absolute atomic E-state index is 0.224. The molecule has 0 aliphatic heterocycles. The van der Waals surface area contributed by atoms with E-state index in [1.807, 2.05) is 0 Å². The van der Waals surface area contributed by atoms with Gasteiger partial charge in [0.1, 0.15) is 0 Å². The summed E-state index contributed by atoms with van der Waals surface area (Å²) in [7, 11) is 0. The van der Waals surface area contributed by atoms with E-state index in [2.05, 4.69) is 197 Å². The van der Waals surface area contributed by atoms with Crippen molar-refractivity contribution in [1.29, 1.82) is 0 Å². The second kappa shape index (κ2) is 11.2. The average Bonchev–Trinajstić information content (AvgIpc) is 3.55. The molecule has 9 rings (SSSR count). The maximum atomic E-state index is 2.59. The molecule has 0 spiro atoms. The molecule has 242 valence electrons. The largest absolute Gasteiger partial charge is 0.310 e. The molecule has 0 amide bonds. The Morgan fingerprint density at radius 3 is 1.22 bits per heavy atom. The molecule has 1 heteroatoms. The number of rotatable bonds is 5. The highest BCUT2D eigenvalue weighted by molar-refractivity contribution is 6.02. The second-order valence-corrected chi connectivity index (χ2v) is 15.0. The molecular formula is C49H41N. The van der Waals surface area contributed by atoms with Gasteiger partial charge in [-0.3, -0.25) is 0 Å². The summed E-state index contributed by atoms with van der Waals surface area (Å²) in [5.41, 5.74) is 20.5. The maximum absolute atomic E-state index is 2.59. The van der Waals surface area contributed by atoms with Crippen LogP contribution in [-0.2, 0) is 10.8 Å². The monoisotopic (exact) mass is 643 g/mol. The van der Waals surface area contributed by atoms with E-state index in [0.29, 0.717) is 0 Å². The van der Waals surface area contributed by atoms with E-state index < -0.39 is 0 Å². The highest BCUT2D eigenvalue weighted by Gasteiger charge is 2.48. The van der Waals surface area contributed by atoms with E-state index in [0.717, 1.165) is 11.4 Å². The number of nitrogens with zero attached hydrogens (tertiary/aromatic N) is 1.